The van der Waals surface area contributed by atoms with E-state index in [2.05, 4.69) is 53.8 Å². The van der Waals surface area contributed by atoms with Gasteiger partial charge in [-0.1, -0.05) is 80.4 Å². The number of hydrogen-bond acceptors (Lipinski definition) is 3. The lowest BCUT2D eigenvalue weighted by Gasteiger charge is -2.48. The summed E-state index contributed by atoms with van der Waals surface area (Å²) in [5.41, 5.74) is 1.45. The predicted octanol–water partition coefficient (Wildman–Crippen LogP) is 6.22. The van der Waals surface area contributed by atoms with Crippen molar-refractivity contribution in [2.45, 2.75) is 89.4 Å². The molecule has 0 aliphatic heterocycles. The first-order valence-electron chi connectivity index (χ1n) is 12.0. The minimum Gasteiger partial charge on any atom is -0.444 e. The molecule has 1 saturated carbocycles. The van der Waals surface area contributed by atoms with Gasteiger partial charge in [0, 0.05) is 11.5 Å². The summed E-state index contributed by atoms with van der Waals surface area (Å²) >= 11 is 0. The van der Waals surface area contributed by atoms with E-state index in [1.165, 1.54) is 11.1 Å². The molecule has 32 heavy (non-hydrogen) atoms. The molecule has 3 rings (SSSR count). The summed E-state index contributed by atoms with van der Waals surface area (Å²) in [6, 6.07) is 21.0. The second-order valence-corrected chi connectivity index (χ2v) is 10.1. The van der Waals surface area contributed by atoms with E-state index in [0.29, 0.717) is 12.8 Å². The summed E-state index contributed by atoms with van der Waals surface area (Å²) < 4.78 is 5.62. The van der Waals surface area contributed by atoms with Crippen molar-refractivity contribution in [3.8, 4) is 0 Å². The summed E-state index contributed by atoms with van der Waals surface area (Å²) in [6.07, 6.45) is 4.61. The number of aliphatic hydroxyl groups is 1. The smallest absolute Gasteiger partial charge is 0.407 e. The number of rotatable bonds is 7. The maximum absolute atomic E-state index is 12.8. The molecule has 0 bridgehead atoms. The Bertz CT molecular complexity index is 804. The molecule has 2 unspecified atom stereocenters. The number of carbonyl (C=O) groups excluding carboxylic acids is 1. The summed E-state index contributed by atoms with van der Waals surface area (Å²) in [5.74, 6) is 0.148. The quantitative estimate of drug-likeness (QED) is 0.541. The number of benzene rings is 2. The van der Waals surface area contributed by atoms with E-state index in [9.17, 15) is 9.90 Å². The van der Waals surface area contributed by atoms with E-state index in [0.717, 1.165) is 25.7 Å². The van der Waals surface area contributed by atoms with Gasteiger partial charge in [-0.05, 0) is 63.5 Å². The zero-order valence-electron chi connectivity index (χ0n) is 20.0. The minimum atomic E-state index is -0.539. The summed E-state index contributed by atoms with van der Waals surface area (Å²) in [5, 5.41) is 14.2. The van der Waals surface area contributed by atoms with Crippen molar-refractivity contribution >= 4 is 6.09 Å². The minimum absolute atomic E-state index is 0.0249. The van der Waals surface area contributed by atoms with Crippen LogP contribution in [0.2, 0.25) is 0 Å². The Balaban J connectivity index is 2.10. The van der Waals surface area contributed by atoms with Crippen molar-refractivity contribution in [1.82, 2.24) is 5.32 Å². The molecule has 0 aromatic heterocycles. The Hall–Kier alpha value is -2.33. The lowest BCUT2D eigenvalue weighted by atomic mass is 9.57. The standard InChI is InChI=1S/C28H39NO3/c1-5-23(30)20-28(21-14-8-6-9-15-21,22-16-10-7-11-17-22)24-18-12-13-19-25(24)29-26(31)32-27(2,3)4/h6-11,14-17,23-25,30H,5,12-13,18-20H2,1-4H3,(H,29,31)/t23-,24?,25?/m0/s1. The van der Waals surface area contributed by atoms with Crippen molar-refractivity contribution in [1.29, 1.82) is 0 Å². The van der Waals surface area contributed by atoms with Gasteiger partial charge in [0.05, 0.1) is 6.10 Å². The largest absolute Gasteiger partial charge is 0.444 e. The molecule has 3 atom stereocenters. The van der Waals surface area contributed by atoms with Crippen molar-refractivity contribution in [2.24, 2.45) is 5.92 Å². The Labute approximate surface area is 193 Å². The van der Waals surface area contributed by atoms with Crippen LogP contribution in [0, 0.1) is 5.92 Å². The van der Waals surface area contributed by atoms with Crippen LogP contribution < -0.4 is 5.32 Å². The van der Waals surface area contributed by atoms with Crippen LogP contribution >= 0.6 is 0 Å². The molecule has 174 valence electrons. The predicted molar refractivity (Wildman–Crippen MR) is 130 cm³/mol. The van der Waals surface area contributed by atoms with Gasteiger partial charge in [-0.2, -0.15) is 0 Å². The Morgan fingerprint density at radius 3 is 2.03 bits per heavy atom. The monoisotopic (exact) mass is 437 g/mol. The van der Waals surface area contributed by atoms with E-state index in [1.54, 1.807) is 0 Å². The average Bonchev–Trinajstić information content (AvgIpc) is 2.78. The molecular formula is C28H39NO3. The van der Waals surface area contributed by atoms with Crippen LogP contribution in [-0.4, -0.2) is 28.9 Å². The zero-order valence-corrected chi connectivity index (χ0v) is 20.0. The third-order valence-electron chi connectivity index (χ3n) is 6.71. The third-order valence-corrected chi connectivity index (χ3v) is 6.71. The highest BCUT2D eigenvalue weighted by Crippen LogP contribution is 2.49. The maximum atomic E-state index is 12.8. The van der Waals surface area contributed by atoms with E-state index in [1.807, 2.05) is 39.8 Å². The van der Waals surface area contributed by atoms with Crippen molar-refractivity contribution in [2.75, 3.05) is 0 Å². The molecular weight excluding hydrogens is 398 g/mol. The Morgan fingerprint density at radius 1 is 1.00 bits per heavy atom. The fourth-order valence-corrected chi connectivity index (χ4v) is 5.32. The molecule has 1 aliphatic rings. The molecule has 4 nitrogen and oxygen atoms in total. The molecule has 1 fully saturated rings. The number of carbonyl (C=O) groups is 1. The number of nitrogens with one attached hydrogen (secondary N) is 1. The van der Waals surface area contributed by atoms with Crippen LogP contribution in [0.1, 0.15) is 77.3 Å². The van der Waals surface area contributed by atoms with Gasteiger partial charge in [-0.3, -0.25) is 0 Å². The Kier molecular flexibility index (Phi) is 8.00. The normalized spacial score (nSPS) is 20.4. The van der Waals surface area contributed by atoms with Gasteiger partial charge in [0.2, 0.25) is 0 Å². The highest BCUT2D eigenvalue weighted by molar-refractivity contribution is 5.68. The molecule has 0 saturated heterocycles. The molecule has 1 amide bonds. The SMILES string of the molecule is CC[C@H](O)CC(c1ccccc1)(c1ccccc1)C1CCCCC1NC(=O)OC(C)(C)C. The van der Waals surface area contributed by atoms with Crippen molar-refractivity contribution in [3.05, 3.63) is 71.8 Å². The molecule has 4 heteroatoms. The van der Waals surface area contributed by atoms with E-state index in [4.69, 9.17) is 4.74 Å². The number of alkyl carbamates (subject to hydrolysis) is 1. The van der Waals surface area contributed by atoms with Gasteiger partial charge in [0.15, 0.2) is 0 Å². The topological polar surface area (TPSA) is 58.6 Å². The number of aliphatic hydroxyl groups excluding tert-OH is 1. The number of hydrogen-bond donors (Lipinski definition) is 2. The first kappa shape index (κ1) is 24.3. The number of amides is 1. The van der Waals surface area contributed by atoms with Crippen LogP contribution in [-0.2, 0) is 10.2 Å². The highest BCUT2D eigenvalue weighted by Gasteiger charge is 2.47. The van der Waals surface area contributed by atoms with E-state index >= 15 is 0 Å². The fraction of sp³-hybridized carbons (Fsp3) is 0.536. The lowest BCUT2D eigenvalue weighted by Crippen LogP contribution is -2.53. The van der Waals surface area contributed by atoms with Crippen LogP contribution in [0.25, 0.3) is 0 Å². The first-order valence-corrected chi connectivity index (χ1v) is 12.0. The molecule has 0 radical (unpaired) electrons. The summed E-state index contributed by atoms with van der Waals surface area (Å²) in [7, 11) is 0. The van der Waals surface area contributed by atoms with Gasteiger partial charge in [0.25, 0.3) is 0 Å². The van der Waals surface area contributed by atoms with E-state index < -0.39 is 17.1 Å². The Morgan fingerprint density at radius 2 is 1.53 bits per heavy atom. The molecule has 2 N–H and O–H groups in total. The number of ether oxygens (including phenoxy) is 1. The van der Waals surface area contributed by atoms with E-state index in [-0.39, 0.29) is 18.1 Å². The highest BCUT2D eigenvalue weighted by atomic mass is 16.6. The fourth-order valence-electron chi connectivity index (χ4n) is 5.32. The molecule has 1 aliphatic carbocycles. The van der Waals surface area contributed by atoms with Crippen LogP contribution in [0.4, 0.5) is 4.79 Å². The third kappa shape index (κ3) is 5.72. The van der Waals surface area contributed by atoms with Crippen LogP contribution in [0.3, 0.4) is 0 Å². The zero-order chi connectivity index (χ0) is 23.2. The molecule has 0 heterocycles. The van der Waals surface area contributed by atoms with Gasteiger partial charge < -0.3 is 15.2 Å². The molecule has 2 aromatic carbocycles. The van der Waals surface area contributed by atoms with Gasteiger partial charge >= 0.3 is 6.09 Å². The maximum Gasteiger partial charge on any atom is 0.407 e. The van der Waals surface area contributed by atoms with Crippen LogP contribution in [0.15, 0.2) is 60.7 Å². The second kappa shape index (κ2) is 10.5. The summed E-state index contributed by atoms with van der Waals surface area (Å²) in [4.78, 5) is 12.8. The van der Waals surface area contributed by atoms with Gasteiger partial charge in [-0.15, -0.1) is 0 Å². The second-order valence-electron chi connectivity index (χ2n) is 10.1. The first-order chi connectivity index (χ1) is 15.3. The average molecular weight is 438 g/mol. The van der Waals surface area contributed by atoms with Crippen molar-refractivity contribution < 1.29 is 14.6 Å². The van der Waals surface area contributed by atoms with Gasteiger partial charge in [-0.25, -0.2) is 4.79 Å². The van der Waals surface area contributed by atoms with Crippen LogP contribution in [0.5, 0.6) is 0 Å². The summed E-state index contributed by atoms with van der Waals surface area (Å²) in [6.45, 7) is 7.70. The molecule has 0 spiro atoms. The lowest BCUT2D eigenvalue weighted by molar-refractivity contribution is 0.0413. The van der Waals surface area contributed by atoms with Crippen molar-refractivity contribution in [3.63, 3.8) is 0 Å². The molecule has 2 aromatic rings. The van der Waals surface area contributed by atoms with Gasteiger partial charge in [0.1, 0.15) is 5.60 Å².